The minimum atomic E-state index is 0.299. The van der Waals surface area contributed by atoms with Gasteiger partial charge in [-0.15, -0.1) is 11.6 Å². The summed E-state index contributed by atoms with van der Waals surface area (Å²) in [6.45, 7) is 2.04. The van der Waals surface area contributed by atoms with E-state index in [1.807, 2.05) is 19.1 Å². The van der Waals surface area contributed by atoms with Gasteiger partial charge in [0.15, 0.2) is 0 Å². The molecule has 0 radical (unpaired) electrons. The summed E-state index contributed by atoms with van der Waals surface area (Å²) >= 11 is 11.7. The smallest absolute Gasteiger partial charge is 0.321 e. The third-order valence-corrected chi connectivity index (χ3v) is 3.12. The van der Waals surface area contributed by atoms with Crippen molar-refractivity contribution in [1.29, 1.82) is 0 Å². The van der Waals surface area contributed by atoms with Crippen molar-refractivity contribution in [2.75, 3.05) is 0 Å². The first kappa shape index (κ1) is 13.1. The highest BCUT2D eigenvalue weighted by atomic mass is 35.5. The predicted octanol–water partition coefficient (Wildman–Crippen LogP) is 4.22. The standard InChI is InChI=1S/C13H12Cl2N2O/c1-2-10-5-11(3-4-12(10)15)18-13-16-7-9(6-14)8-17-13/h3-5,7-8H,2,6H2,1H3. The first-order valence-corrected chi connectivity index (χ1v) is 6.47. The number of halogens is 2. The molecule has 0 unspecified atom stereocenters. The maximum atomic E-state index is 6.04. The van der Waals surface area contributed by atoms with Crippen molar-refractivity contribution in [3.63, 3.8) is 0 Å². The van der Waals surface area contributed by atoms with Gasteiger partial charge in [-0.3, -0.25) is 0 Å². The van der Waals surface area contributed by atoms with Gasteiger partial charge in [-0.05, 0) is 30.2 Å². The maximum Gasteiger partial charge on any atom is 0.321 e. The third-order valence-electron chi connectivity index (χ3n) is 2.44. The van der Waals surface area contributed by atoms with Crippen LogP contribution in [0.25, 0.3) is 0 Å². The van der Waals surface area contributed by atoms with E-state index in [1.165, 1.54) is 0 Å². The van der Waals surface area contributed by atoms with Gasteiger partial charge >= 0.3 is 6.01 Å². The summed E-state index contributed by atoms with van der Waals surface area (Å²) in [7, 11) is 0. The quantitative estimate of drug-likeness (QED) is 0.788. The molecule has 18 heavy (non-hydrogen) atoms. The zero-order valence-corrected chi connectivity index (χ0v) is 11.4. The Kier molecular flexibility index (Phi) is 4.39. The van der Waals surface area contributed by atoms with Crippen molar-refractivity contribution in [2.45, 2.75) is 19.2 Å². The number of ether oxygens (including phenoxy) is 1. The molecule has 2 aromatic rings. The van der Waals surface area contributed by atoms with Crippen LogP contribution >= 0.6 is 23.2 Å². The van der Waals surface area contributed by atoms with Crippen LogP contribution in [-0.2, 0) is 12.3 Å². The van der Waals surface area contributed by atoms with Crippen molar-refractivity contribution < 1.29 is 4.74 Å². The molecule has 94 valence electrons. The Labute approximate surface area is 116 Å². The lowest BCUT2D eigenvalue weighted by Crippen LogP contribution is -1.93. The SMILES string of the molecule is CCc1cc(Oc2ncc(CCl)cn2)ccc1Cl. The van der Waals surface area contributed by atoms with Crippen molar-refractivity contribution in [1.82, 2.24) is 9.97 Å². The average molecular weight is 283 g/mol. The highest BCUT2D eigenvalue weighted by molar-refractivity contribution is 6.31. The van der Waals surface area contributed by atoms with Crippen LogP contribution in [0.5, 0.6) is 11.8 Å². The van der Waals surface area contributed by atoms with Gasteiger partial charge in [-0.25, -0.2) is 9.97 Å². The van der Waals surface area contributed by atoms with Crippen LogP contribution in [0, 0.1) is 0 Å². The maximum absolute atomic E-state index is 6.04. The molecule has 0 saturated carbocycles. The molecule has 1 aromatic carbocycles. The molecule has 0 N–H and O–H groups in total. The van der Waals surface area contributed by atoms with Gasteiger partial charge in [0, 0.05) is 23.0 Å². The molecule has 3 nitrogen and oxygen atoms in total. The summed E-state index contributed by atoms with van der Waals surface area (Å²) in [5.74, 6) is 1.07. The van der Waals surface area contributed by atoms with Crippen LogP contribution in [0.15, 0.2) is 30.6 Å². The average Bonchev–Trinajstić information content (AvgIpc) is 2.42. The summed E-state index contributed by atoms with van der Waals surface area (Å²) in [4.78, 5) is 8.14. The summed E-state index contributed by atoms with van der Waals surface area (Å²) < 4.78 is 5.55. The molecule has 0 atom stereocenters. The minimum absolute atomic E-state index is 0.299. The highest BCUT2D eigenvalue weighted by Crippen LogP contribution is 2.25. The number of rotatable bonds is 4. The van der Waals surface area contributed by atoms with Crippen molar-refractivity contribution in [3.05, 3.63) is 46.7 Å². The number of aromatic nitrogens is 2. The van der Waals surface area contributed by atoms with E-state index < -0.39 is 0 Å². The Hall–Kier alpha value is -1.32. The predicted molar refractivity (Wildman–Crippen MR) is 72.5 cm³/mol. The molecule has 0 aliphatic heterocycles. The first-order valence-electron chi connectivity index (χ1n) is 5.56. The summed E-state index contributed by atoms with van der Waals surface area (Å²) in [5, 5.41) is 0.739. The number of alkyl halides is 1. The van der Waals surface area contributed by atoms with Crippen LogP contribution in [0.2, 0.25) is 5.02 Å². The van der Waals surface area contributed by atoms with Crippen LogP contribution in [0.4, 0.5) is 0 Å². The van der Waals surface area contributed by atoms with Gasteiger partial charge < -0.3 is 4.74 Å². The van der Waals surface area contributed by atoms with Crippen molar-refractivity contribution >= 4 is 23.2 Å². The van der Waals surface area contributed by atoms with Crippen molar-refractivity contribution in [3.8, 4) is 11.8 Å². The van der Waals surface area contributed by atoms with E-state index in [9.17, 15) is 0 Å². The summed E-state index contributed by atoms with van der Waals surface area (Å²) in [5.41, 5.74) is 1.89. The highest BCUT2D eigenvalue weighted by Gasteiger charge is 2.04. The number of hydrogen-bond acceptors (Lipinski definition) is 3. The lowest BCUT2D eigenvalue weighted by molar-refractivity contribution is 0.440. The largest absolute Gasteiger partial charge is 0.424 e. The third kappa shape index (κ3) is 3.12. The van der Waals surface area contributed by atoms with Crippen LogP contribution in [0.1, 0.15) is 18.1 Å². The number of nitrogens with zero attached hydrogens (tertiary/aromatic N) is 2. The topological polar surface area (TPSA) is 35.0 Å². The monoisotopic (exact) mass is 282 g/mol. The van der Waals surface area contributed by atoms with Gasteiger partial charge in [0.05, 0.1) is 5.88 Å². The Morgan fingerprint density at radius 3 is 2.56 bits per heavy atom. The molecule has 0 aliphatic rings. The molecule has 0 fully saturated rings. The minimum Gasteiger partial charge on any atom is -0.424 e. The van der Waals surface area contributed by atoms with Gasteiger partial charge in [0.1, 0.15) is 5.75 Å². The zero-order valence-electron chi connectivity index (χ0n) is 9.86. The zero-order chi connectivity index (χ0) is 13.0. The Balaban J connectivity index is 2.17. The van der Waals surface area contributed by atoms with Gasteiger partial charge in [-0.1, -0.05) is 18.5 Å². The summed E-state index contributed by atoms with van der Waals surface area (Å²) in [6, 6.07) is 5.79. The second kappa shape index (κ2) is 6.03. The van der Waals surface area contributed by atoms with Gasteiger partial charge in [0.2, 0.25) is 0 Å². The van der Waals surface area contributed by atoms with E-state index in [0.29, 0.717) is 17.6 Å². The fraction of sp³-hybridized carbons (Fsp3) is 0.231. The van der Waals surface area contributed by atoms with Crippen LogP contribution in [-0.4, -0.2) is 9.97 Å². The number of benzene rings is 1. The molecule has 0 aliphatic carbocycles. The number of aryl methyl sites for hydroxylation is 1. The molecule has 0 spiro atoms. The second-order valence-corrected chi connectivity index (χ2v) is 4.39. The number of hydrogen-bond donors (Lipinski definition) is 0. The molecule has 1 heterocycles. The lowest BCUT2D eigenvalue weighted by Gasteiger charge is -2.06. The van der Waals surface area contributed by atoms with Gasteiger partial charge in [-0.2, -0.15) is 0 Å². The van der Waals surface area contributed by atoms with E-state index in [1.54, 1.807) is 18.5 Å². The molecule has 0 amide bonds. The fourth-order valence-electron chi connectivity index (χ4n) is 1.46. The van der Waals surface area contributed by atoms with E-state index >= 15 is 0 Å². The first-order chi connectivity index (χ1) is 8.72. The molecule has 2 rings (SSSR count). The molecule has 0 bridgehead atoms. The van der Waals surface area contributed by atoms with Crippen molar-refractivity contribution in [2.24, 2.45) is 0 Å². The summed E-state index contributed by atoms with van der Waals surface area (Å²) in [6.07, 6.45) is 4.14. The molecule has 0 saturated heterocycles. The molecular weight excluding hydrogens is 271 g/mol. The second-order valence-electron chi connectivity index (χ2n) is 3.72. The van der Waals surface area contributed by atoms with E-state index in [4.69, 9.17) is 27.9 Å². The van der Waals surface area contributed by atoms with E-state index in [0.717, 1.165) is 22.6 Å². The molecule has 1 aromatic heterocycles. The van der Waals surface area contributed by atoms with E-state index in [2.05, 4.69) is 9.97 Å². The van der Waals surface area contributed by atoms with Crippen LogP contribution in [0.3, 0.4) is 0 Å². The lowest BCUT2D eigenvalue weighted by atomic mass is 10.1. The molecule has 5 heteroatoms. The van der Waals surface area contributed by atoms with Crippen LogP contribution < -0.4 is 4.74 Å². The Morgan fingerprint density at radius 2 is 1.94 bits per heavy atom. The van der Waals surface area contributed by atoms with Gasteiger partial charge in [0.25, 0.3) is 0 Å². The normalized spacial score (nSPS) is 10.4. The Bertz CT molecular complexity index is 529. The Morgan fingerprint density at radius 1 is 1.22 bits per heavy atom. The molecular formula is C13H12Cl2N2O. The van der Waals surface area contributed by atoms with E-state index in [-0.39, 0.29) is 0 Å². The fourth-order valence-corrected chi connectivity index (χ4v) is 1.84.